The van der Waals surface area contributed by atoms with Gasteiger partial charge in [-0.1, -0.05) is 119 Å². The van der Waals surface area contributed by atoms with Gasteiger partial charge in [-0.25, -0.2) is 0 Å². The van der Waals surface area contributed by atoms with E-state index in [4.69, 9.17) is 0 Å². The van der Waals surface area contributed by atoms with Crippen molar-refractivity contribution < 1.29 is 0 Å². The van der Waals surface area contributed by atoms with Crippen molar-refractivity contribution in [3.8, 4) is 11.1 Å². The Labute approximate surface area is 189 Å². The number of benzene rings is 2. The average Bonchev–Trinajstić information content (AvgIpc) is 3.16. The van der Waals surface area contributed by atoms with E-state index in [9.17, 15) is 0 Å². The van der Waals surface area contributed by atoms with Gasteiger partial charge < -0.3 is 0 Å². The highest BCUT2D eigenvalue weighted by atomic mass is 14.5. The van der Waals surface area contributed by atoms with Crippen LogP contribution in [0.4, 0.5) is 0 Å². The predicted octanol–water partition coefficient (Wildman–Crippen LogP) is 8.73. The Morgan fingerprint density at radius 2 is 1.32 bits per heavy atom. The summed E-state index contributed by atoms with van der Waals surface area (Å²) in [5, 5.41) is 0. The zero-order valence-electron chi connectivity index (χ0n) is 19.7. The van der Waals surface area contributed by atoms with Gasteiger partial charge in [-0.2, -0.15) is 0 Å². The van der Waals surface area contributed by atoms with Gasteiger partial charge in [0.15, 0.2) is 0 Å². The van der Waals surface area contributed by atoms with Gasteiger partial charge in [0.05, 0.1) is 5.41 Å². The molecule has 0 heteroatoms. The molecule has 0 aliphatic heterocycles. The second-order valence-electron chi connectivity index (χ2n) is 6.71. The molecule has 31 heavy (non-hydrogen) atoms. The van der Waals surface area contributed by atoms with Crippen LogP contribution in [0.1, 0.15) is 58.2 Å². The van der Waals surface area contributed by atoms with E-state index in [1.807, 2.05) is 33.8 Å². The van der Waals surface area contributed by atoms with Crippen molar-refractivity contribution in [3.05, 3.63) is 132 Å². The van der Waals surface area contributed by atoms with Crippen molar-refractivity contribution in [1.29, 1.82) is 0 Å². The van der Waals surface area contributed by atoms with Gasteiger partial charge in [0, 0.05) is 0 Å². The van der Waals surface area contributed by atoms with Crippen LogP contribution in [-0.2, 0) is 5.41 Å². The lowest BCUT2D eigenvalue weighted by Crippen LogP contribution is -2.28. The van der Waals surface area contributed by atoms with E-state index >= 15 is 0 Å². The standard InChI is InChI=1S/C27H22.2C2H6/c1-3-5-14-21(13-4-2)27(22-15-7-6-8-16-22)25-19-11-9-17-23(25)24-18-10-12-20-26(24)27;2*1-2/h3-5,7,9-20H,1-2H3;2*1-2H3/b5-3-,13-4-,21-14+;;. The molecule has 1 aliphatic rings. The molecule has 158 valence electrons. The van der Waals surface area contributed by atoms with Crippen LogP contribution in [-0.4, -0.2) is 0 Å². The van der Waals surface area contributed by atoms with Crippen molar-refractivity contribution in [1.82, 2.24) is 0 Å². The number of allylic oxidation sites excluding steroid dienone is 6. The van der Waals surface area contributed by atoms with E-state index < -0.39 is 0 Å². The van der Waals surface area contributed by atoms with E-state index in [0.29, 0.717) is 0 Å². The predicted molar refractivity (Wildman–Crippen MR) is 136 cm³/mol. The van der Waals surface area contributed by atoms with E-state index in [2.05, 4.69) is 117 Å². The molecule has 0 saturated carbocycles. The lowest BCUT2D eigenvalue weighted by molar-refractivity contribution is 0.767. The minimum absolute atomic E-state index is 0.356. The molecule has 0 unspecified atom stereocenters. The Hall–Kier alpha value is -3.30. The van der Waals surface area contributed by atoms with E-state index in [-0.39, 0.29) is 5.41 Å². The lowest BCUT2D eigenvalue weighted by Gasteiger charge is -2.34. The molecule has 0 amide bonds. The molecule has 4 rings (SSSR count). The van der Waals surface area contributed by atoms with Crippen molar-refractivity contribution >= 4 is 0 Å². The third-order valence-electron chi connectivity index (χ3n) is 5.29. The molecule has 0 bridgehead atoms. The average molecular weight is 407 g/mol. The minimum Gasteiger partial charge on any atom is -0.0877 e. The van der Waals surface area contributed by atoms with Crippen LogP contribution >= 0.6 is 0 Å². The van der Waals surface area contributed by atoms with Gasteiger partial charge in [-0.3, -0.25) is 0 Å². The monoisotopic (exact) mass is 406 g/mol. The second kappa shape index (κ2) is 11.8. The number of hydrogen-bond acceptors (Lipinski definition) is 0. The van der Waals surface area contributed by atoms with Crippen LogP contribution < -0.4 is 0 Å². The van der Waals surface area contributed by atoms with Gasteiger partial charge in [0.25, 0.3) is 0 Å². The van der Waals surface area contributed by atoms with Gasteiger partial charge in [0.1, 0.15) is 0 Å². The van der Waals surface area contributed by atoms with Gasteiger partial charge in [-0.15, -0.1) is 0 Å². The Kier molecular flexibility index (Phi) is 9.11. The van der Waals surface area contributed by atoms with Crippen LogP contribution in [0.25, 0.3) is 11.1 Å². The minimum atomic E-state index is -0.356. The maximum atomic E-state index is 3.18. The summed E-state index contributed by atoms with van der Waals surface area (Å²) in [6, 6.07) is 30.0. The molecule has 0 fully saturated rings. The molecule has 3 aromatic carbocycles. The van der Waals surface area contributed by atoms with Crippen molar-refractivity contribution in [3.63, 3.8) is 0 Å². The fourth-order valence-electron chi connectivity index (χ4n) is 4.29. The zero-order valence-corrected chi connectivity index (χ0v) is 19.7. The quantitative estimate of drug-likeness (QED) is 0.380. The van der Waals surface area contributed by atoms with E-state index in [1.54, 1.807) is 0 Å². The van der Waals surface area contributed by atoms with Gasteiger partial charge in [-0.05, 0) is 65.4 Å². The summed E-state index contributed by atoms with van der Waals surface area (Å²) >= 11 is 0. The summed E-state index contributed by atoms with van der Waals surface area (Å²) in [7, 11) is 0. The van der Waals surface area contributed by atoms with E-state index in [0.717, 1.165) is 0 Å². The molecule has 0 nitrogen and oxygen atoms in total. The van der Waals surface area contributed by atoms with Crippen LogP contribution in [0.5, 0.6) is 0 Å². The molecule has 1 aliphatic carbocycles. The Balaban J connectivity index is 0.000000807. The summed E-state index contributed by atoms with van der Waals surface area (Å²) in [5.41, 5.74) is 7.35. The first kappa shape index (κ1) is 24.0. The maximum absolute atomic E-state index is 3.18. The molecule has 0 aromatic heterocycles. The Bertz CT molecular complexity index is 987. The highest BCUT2D eigenvalue weighted by Crippen LogP contribution is 2.56. The molecule has 0 saturated heterocycles. The van der Waals surface area contributed by atoms with Crippen molar-refractivity contribution in [2.45, 2.75) is 47.0 Å². The molecule has 0 atom stereocenters. The Morgan fingerprint density at radius 1 is 0.742 bits per heavy atom. The third kappa shape index (κ3) is 4.28. The third-order valence-corrected chi connectivity index (χ3v) is 5.29. The first-order chi connectivity index (χ1) is 15.3. The van der Waals surface area contributed by atoms with Crippen molar-refractivity contribution in [2.24, 2.45) is 0 Å². The summed E-state index contributed by atoms with van der Waals surface area (Å²) in [4.78, 5) is 0. The van der Waals surface area contributed by atoms with Crippen LogP contribution in [0.3, 0.4) is 0 Å². The van der Waals surface area contributed by atoms with E-state index in [1.165, 1.54) is 33.4 Å². The van der Waals surface area contributed by atoms with Crippen molar-refractivity contribution in [2.75, 3.05) is 0 Å². The first-order valence-electron chi connectivity index (χ1n) is 11.4. The van der Waals surface area contributed by atoms with Gasteiger partial charge >= 0.3 is 0 Å². The van der Waals surface area contributed by atoms with Crippen LogP contribution in [0.15, 0.2) is 103 Å². The topological polar surface area (TPSA) is 0 Å². The number of fused-ring (bicyclic) bond motifs is 3. The number of hydrogen-bond donors (Lipinski definition) is 0. The summed E-state index contributed by atoms with van der Waals surface area (Å²) < 4.78 is 0. The maximum Gasteiger partial charge on any atom is 0.0719 e. The molecular formula is C31H34. The lowest BCUT2D eigenvalue weighted by atomic mass is 9.67. The smallest absolute Gasteiger partial charge is 0.0719 e. The summed E-state index contributed by atoms with van der Waals surface area (Å²) in [6.07, 6.45) is 10.8. The molecule has 0 heterocycles. The summed E-state index contributed by atoms with van der Waals surface area (Å²) in [6.45, 7) is 12.1. The molecular weight excluding hydrogens is 372 g/mol. The SMILES string of the molecule is CC.CC.C\C=C/C=C(\C=C/C)C1(c2cc#ccc2)c2ccccc2-c2ccccc21. The molecule has 0 N–H and O–H groups in total. The fourth-order valence-corrected chi connectivity index (χ4v) is 4.29. The van der Waals surface area contributed by atoms with Gasteiger partial charge in [0.2, 0.25) is 0 Å². The van der Waals surface area contributed by atoms with Crippen LogP contribution in [0, 0.1) is 12.1 Å². The zero-order chi connectivity index (χ0) is 22.7. The largest absolute Gasteiger partial charge is 0.0877 e. The Morgan fingerprint density at radius 3 is 1.81 bits per heavy atom. The first-order valence-corrected chi connectivity index (χ1v) is 11.4. The second-order valence-corrected chi connectivity index (χ2v) is 6.71. The number of rotatable bonds is 4. The normalized spacial score (nSPS) is 13.4. The molecule has 3 aromatic rings. The highest BCUT2D eigenvalue weighted by molar-refractivity contribution is 5.86. The molecule has 0 spiro atoms. The summed E-state index contributed by atoms with van der Waals surface area (Å²) in [5.74, 6) is 0. The molecule has 0 radical (unpaired) electrons. The van der Waals surface area contributed by atoms with Crippen LogP contribution in [0.2, 0.25) is 0 Å². The highest BCUT2D eigenvalue weighted by Gasteiger charge is 2.46. The fraction of sp³-hybridized carbons (Fsp3) is 0.226.